The van der Waals surface area contributed by atoms with Crippen molar-refractivity contribution in [1.29, 1.82) is 0 Å². The van der Waals surface area contributed by atoms with E-state index in [9.17, 15) is 9.90 Å². The molecule has 5 heteroatoms. The summed E-state index contributed by atoms with van der Waals surface area (Å²) >= 11 is 0. The topological polar surface area (TPSA) is 47.0 Å². The van der Waals surface area contributed by atoms with Gasteiger partial charge >= 0.3 is 0 Å². The molecule has 0 radical (unpaired) electrons. The molecule has 2 aliphatic rings. The smallest absolute Gasteiger partial charge is 0.223 e. The van der Waals surface area contributed by atoms with Crippen molar-refractivity contribution in [3.8, 4) is 0 Å². The number of aryl methyl sites for hydroxylation is 1. The zero-order valence-corrected chi connectivity index (χ0v) is 20.3. The molecular weight excluding hydrogens is 410 g/mol. The van der Waals surface area contributed by atoms with E-state index in [1.165, 1.54) is 16.8 Å². The minimum atomic E-state index is -0.671. The molecule has 178 valence electrons. The normalized spacial score (nSPS) is 20.1. The molecule has 2 aliphatic heterocycles. The highest BCUT2D eigenvalue weighted by Gasteiger charge is 2.34. The molecule has 0 aromatic heterocycles. The van der Waals surface area contributed by atoms with E-state index in [0.29, 0.717) is 6.54 Å². The van der Waals surface area contributed by atoms with Crippen molar-refractivity contribution in [3.05, 3.63) is 59.7 Å². The van der Waals surface area contributed by atoms with Crippen molar-refractivity contribution in [1.82, 2.24) is 4.90 Å². The molecule has 0 bridgehead atoms. The van der Waals surface area contributed by atoms with Crippen LogP contribution in [-0.4, -0.2) is 54.2 Å². The van der Waals surface area contributed by atoms with Gasteiger partial charge in [-0.05, 0) is 68.5 Å². The zero-order chi connectivity index (χ0) is 23.3. The minimum Gasteiger partial charge on any atom is -0.388 e. The monoisotopic (exact) mass is 449 g/mol. The van der Waals surface area contributed by atoms with Crippen LogP contribution in [0.3, 0.4) is 0 Å². The van der Waals surface area contributed by atoms with Crippen molar-refractivity contribution < 1.29 is 9.90 Å². The molecular formula is C28H39N3O2. The molecule has 5 nitrogen and oxygen atoms in total. The lowest BCUT2D eigenvalue weighted by molar-refractivity contribution is -0.116. The first-order chi connectivity index (χ1) is 15.9. The number of rotatable bonds is 3. The Hall–Kier alpha value is -2.37. The SMILES string of the molecule is CC(=O)N1CCCCCCN(CC2(O)CCN(c3cccc(C)c3)CC2)Cc2ccccc21. The van der Waals surface area contributed by atoms with E-state index in [1.807, 2.05) is 11.0 Å². The molecule has 1 saturated heterocycles. The Kier molecular flexibility index (Phi) is 7.71. The molecule has 33 heavy (non-hydrogen) atoms. The predicted octanol–water partition coefficient (Wildman–Crippen LogP) is 4.76. The molecule has 0 aliphatic carbocycles. The molecule has 0 atom stereocenters. The van der Waals surface area contributed by atoms with Gasteiger partial charge in [-0.15, -0.1) is 0 Å². The second-order valence-electron chi connectivity index (χ2n) is 9.97. The largest absolute Gasteiger partial charge is 0.388 e. The summed E-state index contributed by atoms with van der Waals surface area (Å²) in [4.78, 5) is 19.2. The Labute approximate surface area is 199 Å². The molecule has 0 saturated carbocycles. The van der Waals surface area contributed by atoms with Crippen molar-refractivity contribution in [2.75, 3.05) is 42.5 Å². The number of benzene rings is 2. The quantitative estimate of drug-likeness (QED) is 0.734. The third-order valence-corrected chi connectivity index (χ3v) is 7.24. The number of nitrogens with zero attached hydrogens (tertiary/aromatic N) is 3. The molecule has 0 spiro atoms. The van der Waals surface area contributed by atoms with Crippen LogP contribution >= 0.6 is 0 Å². The van der Waals surface area contributed by atoms with E-state index in [2.05, 4.69) is 59.2 Å². The van der Waals surface area contributed by atoms with Gasteiger partial charge in [0.2, 0.25) is 5.91 Å². The van der Waals surface area contributed by atoms with E-state index in [0.717, 1.165) is 76.9 Å². The average molecular weight is 450 g/mol. The first-order valence-corrected chi connectivity index (χ1v) is 12.6. The van der Waals surface area contributed by atoms with Crippen molar-refractivity contribution in [3.63, 3.8) is 0 Å². The average Bonchev–Trinajstić information content (AvgIpc) is 2.82. The number of para-hydroxylation sites is 1. The third kappa shape index (κ3) is 6.15. The van der Waals surface area contributed by atoms with Crippen LogP contribution < -0.4 is 9.80 Å². The predicted molar refractivity (Wildman–Crippen MR) is 136 cm³/mol. The standard InChI is InChI=1S/C28H39N3O2/c1-23-10-9-12-26(20-23)30-18-14-28(33,15-19-30)22-29-16-7-3-4-8-17-31(24(2)32)27-13-6-5-11-25(27)21-29/h5-6,9-13,20,33H,3-4,7-8,14-19,21-22H2,1-2H3. The second-order valence-corrected chi connectivity index (χ2v) is 9.97. The summed E-state index contributed by atoms with van der Waals surface area (Å²) in [5, 5.41) is 11.5. The van der Waals surface area contributed by atoms with Crippen LogP contribution in [0.1, 0.15) is 56.6 Å². The number of amides is 1. The number of β-amino-alcohol motifs (C(OH)–C–C–N with tert-alkyl or cyclic N) is 1. The van der Waals surface area contributed by atoms with Crippen molar-refractivity contribution in [2.45, 2.75) is 64.5 Å². The van der Waals surface area contributed by atoms with Gasteiger partial charge in [0.25, 0.3) is 0 Å². The van der Waals surface area contributed by atoms with Crippen LogP contribution in [-0.2, 0) is 11.3 Å². The van der Waals surface area contributed by atoms with Crippen LogP contribution in [0.2, 0.25) is 0 Å². The molecule has 1 N–H and O–H groups in total. The maximum absolute atomic E-state index is 12.4. The number of hydrogen-bond acceptors (Lipinski definition) is 4. The fourth-order valence-corrected chi connectivity index (χ4v) is 5.35. The molecule has 0 unspecified atom stereocenters. The van der Waals surface area contributed by atoms with Gasteiger partial charge in [-0.25, -0.2) is 0 Å². The maximum Gasteiger partial charge on any atom is 0.223 e. The lowest BCUT2D eigenvalue weighted by Gasteiger charge is -2.42. The Balaban J connectivity index is 1.47. The van der Waals surface area contributed by atoms with Gasteiger partial charge < -0.3 is 14.9 Å². The Morgan fingerprint density at radius 2 is 1.67 bits per heavy atom. The van der Waals surface area contributed by atoms with Crippen LogP contribution in [0.15, 0.2) is 48.5 Å². The fraction of sp³-hybridized carbons (Fsp3) is 0.536. The van der Waals surface area contributed by atoms with Gasteiger partial charge in [0, 0.05) is 51.0 Å². The Morgan fingerprint density at radius 3 is 2.39 bits per heavy atom. The van der Waals surface area contributed by atoms with Crippen molar-refractivity contribution >= 4 is 17.3 Å². The van der Waals surface area contributed by atoms with Gasteiger partial charge in [-0.2, -0.15) is 0 Å². The number of piperidine rings is 1. The van der Waals surface area contributed by atoms with Gasteiger partial charge in [0.1, 0.15) is 0 Å². The first kappa shape index (κ1) is 23.8. The highest BCUT2D eigenvalue weighted by molar-refractivity contribution is 5.92. The van der Waals surface area contributed by atoms with E-state index >= 15 is 0 Å². The van der Waals surface area contributed by atoms with Gasteiger partial charge in [-0.1, -0.05) is 43.2 Å². The summed E-state index contributed by atoms with van der Waals surface area (Å²) in [5.41, 5.74) is 4.06. The number of anilines is 2. The summed E-state index contributed by atoms with van der Waals surface area (Å²) in [7, 11) is 0. The highest BCUT2D eigenvalue weighted by Crippen LogP contribution is 2.30. The number of fused-ring (bicyclic) bond motifs is 1. The molecule has 2 heterocycles. The van der Waals surface area contributed by atoms with Crippen molar-refractivity contribution in [2.24, 2.45) is 0 Å². The lowest BCUT2D eigenvalue weighted by Crippen LogP contribution is -2.51. The summed E-state index contributed by atoms with van der Waals surface area (Å²) in [6, 6.07) is 16.9. The first-order valence-electron chi connectivity index (χ1n) is 12.6. The molecule has 2 aromatic rings. The maximum atomic E-state index is 12.4. The summed E-state index contributed by atoms with van der Waals surface area (Å²) in [5.74, 6) is 0.107. The number of aliphatic hydroxyl groups is 1. The van der Waals surface area contributed by atoms with E-state index in [4.69, 9.17) is 0 Å². The van der Waals surface area contributed by atoms with Gasteiger partial charge in [-0.3, -0.25) is 9.69 Å². The number of carbonyl (C=O) groups is 1. The summed E-state index contributed by atoms with van der Waals surface area (Å²) in [6.45, 7) is 8.77. The van der Waals surface area contributed by atoms with E-state index in [1.54, 1.807) is 6.92 Å². The number of carbonyl (C=O) groups excluding carboxylic acids is 1. The van der Waals surface area contributed by atoms with Crippen LogP contribution in [0, 0.1) is 6.92 Å². The minimum absolute atomic E-state index is 0.107. The van der Waals surface area contributed by atoms with Crippen LogP contribution in [0.25, 0.3) is 0 Å². The zero-order valence-electron chi connectivity index (χ0n) is 20.3. The molecule has 1 amide bonds. The lowest BCUT2D eigenvalue weighted by atomic mass is 9.90. The second kappa shape index (κ2) is 10.7. The highest BCUT2D eigenvalue weighted by atomic mass is 16.3. The van der Waals surface area contributed by atoms with Crippen LogP contribution in [0.5, 0.6) is 0 Å². The summed E-state index contributed by atoms with van der Waals surface area (Å²) in [6.07, 6.45) is 6.02. The Bertz CT molecular complexity index is 936. The van der Waals surface area contributed by atoms with Gasteiger partial charge in [0.15, 0.2) is 0 Å². The molecule has 2 aromatic carbocycles. The fourth-order valence-electron chi connectivity index (χ4n) is 5.35. The van der Waals surface area contributed by atoms with Crippen LogP contribution in [0.4, 0.5) is 11.4 Å². The van der Waals surface area contributed by atoms with E-state index in [-0.39, 0.29) is 5.91 Å². The third-order valence-electron chi connectivity index (χ3n) is 7.24. The Morgan fingerprint density at radius 1 is 0.939 bits per heavy atom. The summed E-state index contributed by atoms with van der Waals surface area (Å²) < 4.78 is 0. The number of hydrogen-bond donors (Lipinski definition) is 1. The molecule has 4 rings (SSSR count). The van der Waals surface area contributed by atoms with E-state index < -0.39 is 5.60 Å². The molecule has 1 fully saturated rings. The van der Waals surface area contributed by atoms with Gasteiger partial charge in [0.05, 0.1) is 5.60 Å².